The highest BCUT2D eigenvalue weighted by atomic mass is 16.6. The van der Waals surface area contributed by atoms with Crippen LogP contribution >= 0.6 is 0 Å². The number of nitrogens with zero attached hydrogens (tertiary/aromatic N) is 1. The van der Waals surface area contributed by atoms with E-state index >= 15 is 0 Å². The van der Waals surface area contributed by atoms with E-state index in [0.717, 1.165) is 5.56 Å². The fourth-order valence-electron chi connectivity index (χ4n) is 2.49. The van der Waals surface area contributed by atoms with Gasteiger partial charge in [-0.05, 0) is 32.4 Å². The molecule has 1 fully saturated rings. The SMILES string of the molecule is CC(C)(C)OC(=O)Nc1ccccc1CN1CC(C(=O)O)CC1=O. The largest absolute Gasteiger partial charge is 0.481 e. The summed E-state index contributed by atoms with van der Waals surface area (Å²) in [7, 11) is 0. The zero-order valence-corrected chi connectivity index (χ0v) is 14.0. The Hall–Kier alpha value is -2.57. The van der Waals surface area contributed by atoms with Gasteiger partial charge in [-0.25, -0.2) is 4.79 Å². The van der Waals surface area contributed by atoms with Crippen molar-refractivity contribution in [3.8, 4) is 0 Å². The van der Waals surface area contributed by atoms with Gasteiger partial charge in [-0.2, -0.15) is 0 Å². The molecular weight excluding hydrogens is 312 g/mol. The molecule has 0 bridgehead atoms. The summed E-state index contributed by atoms with van der Waals surface area (Å²) in [6.07, 6.45) is -0.567. The normalized spacial score (nSPS) is 17.7. The lowest BCUT2D eigenvalue weighted by Crippen LogP contribution is -2.29. The molecule has 7 heteroatoms. The second-order valence-corrected chi connectivity index (χ2v) is 6.80. The standard InChI is InChI=1S/C17H22N2O5/c1-17(2,3)24-16(23)18-13-7-5-4-6-11(13)9-19-10-12(15(21)22)8-14(19)20/h4-7,12H,8-10H2,1-3H3,(H,18,23)(H,21,22). The molecule has 2 amide bonds. The Morgan fingerprint density at radius 2 is 2.00 bits per heavy atom. The zero-order valence-electron chi connectivity index (χ0n) is 14.0. The number of carbonyl (C=O) groups is 3. The van der Waals surface area contributed by atoms with Crippen LogP contribution in [0.1, 0.15) is 32.8 Å². The topological polar surface area (TPSA) is 95.9 Å². The molecule has 1 aromatic carbocycles. The molecule has 24 heavy (non-hydrogen) atoms. The summed E-state index contributed by atoms with van der Waals surface area (Å²) in [6, 6.07) is 7.06. The quantitative estimate of drug-likeness (QED) is 0.882. The van der Waals surface area contributed by atoms with Crippen molar-refractivity contribution in [3.05, 3.63) is 29.8 Å². The molecule has 0 saturated carbocycles. The molecule has 1 aliphatic heterocycles. The Balaban J connectivity index is 2.08. The first-order valence-electron chi connectivity index (χ1n) is 7.74. The van der Waals surface area contributed by atoms with Crippen LogP contribution in [0.2, 0.25) is 0 Å². The van der Waals surface area contributed by atoms with Crippen molar-refractivity contribution in [1.29, 1.82) is 0 Å². The van der Waals surface area contributed by atoms with Gasteiger partial charge in [-0.3, -0.25) is 14.9 Å². The summed E-state index contributed by atoms with van der Waals surface area (Å²) in [6.45, 7) is 5.73. The van der Waals surface area contributed by atoms with Gasteiger partial charge >= 0.3 is 12.1 Å². The number of carbonyl (C=O) groups excluding carboxylic acids is 2. The molecular formula is C17H22N2O5. The van der Waals surface area contributed by atoms with E-state index in [4.69, 9.17) is 9.84 Å². The molecule has 7 nitrogen and oxygen atoms in total. The highest BCUT2D eigenvalue weighted by molar-refractivity contribution is 5.87. The first-order chi connectivity index (χ1) is 11.2. The predicted octanol–water partition coefficient (Wildman–Crippen LogP) is 2.47. The van der Waals surface area contributed by atoms with Gasteiger partial charge < -0.3 is 14.7 Å². The highest BCUT2D eigenvalue weighted by Crippen LogP contribution is 2.24. The number of benzene rings is 1. The Bertz CT molecular complexity index is 651. The lowest BCUT2D eigenvalue weighted by Gasteiger charge is -2.22. The van der Waals surface area contributed by atoms with Crippen molar-refractivity contribution >= 4 is 23.7 Å². The molecule has 2 N–H and O–H groups in total. The summed E-state index contributed by atoms with van der Waals surface area (Å²) in [5, 5.41) is 11.7. The average Bonchev–Trinajstić information content (AvgIpc) is 2.80. The van der Waals surface area contributed by atoms with E-state index < -0.39 is 23.6 Å². The third kappa shape index (κ3) is 4.71. The number of amides is 2. The van der Waals surface area contributed by atoms with Gasteiger partial charge in [0.05, 0.1) is 5.92 Å². The number of hydrogen-bond acceptors (Lipinski definition) is 4. The van der Waals surface area contributed by atoms with Gasteiger partial charge in [0.2, 0.25) is 5.91 Å². The number of aliphatic carboxylic acids is 1. The van der Waals surface area contributed by atoms with E-state index in [2.05, 4.69) is 5.32 Å². The molecule has 0 radical (unpaired) electrons. The highest BCUT2D eigenvalue weighted by Gasteiger charge is 2.34. The second-order valence-electron chi connectivity index (χ2n) is 6.80. The lowest BCUT2D eigenvalue weighted by molar-refractivity contribution is -0.141. The van der Waals surface area contributed by atoms with Gasteiger partial charge in [0.15, 0.2) is 0 Å². The van der Waals surface area contributed by atoms with E-state index in [1.165, 1.54) is 4.90 Å². The third-order valence-corrected chi connectivity index (χ3v) is 3.58. The van der Waals surface area contributed by atoms with Crippen LogP contribution in [0.25, 0.3) is 0 Å². The Morgan fingerprint density at radius 1 is 1.33 bits per heavy atom. The van der Waals surface area contributed by atoms with E-state index in [1.807, 2.05) is 0 Å². The fraction of sp³-hybridized carbons (Fsp3) is 0.471. The van der Waals surface area contributed by atoms with Gasteiger partial charge in [0, 0.05) is 25.2 Å². The molecule has 1 unspecified atom stereocenters. The number of carboxylic acids is 1. The van der Waals surface area contributed by atoms with Crippen molar-refractivity contribution in [3.63, 3.8) is 0 Å². The Labute approximate surface area is 140 Å². The van der Waals surface area contributed by atoms with Gasteiger partial charge in [0.25, 0.3) is 0 Å². The van der Waals surface area contributed by atoms with Gasteiger partial charge in [0.1, 0.15) is 5.60 Å². The number of hydrogen-bond donors (Lipinski definition) is 2. The summed E-state index contributed by atoms with van der Waals surface area (Å²) in [4.78, 5) is 36.4. The Morgan fingerprint density at radius 3 is 2.58 bits per heavy atom. The van der Waals surface area contributed by atoms with Crippen molar-refractivity contribution in [2.24, 2.45) is 5.92 Å². The average molecular weight is 334 g/mol. The minimum atomic E-state index is -0.967. The molecule has 1 aromatic rings. The van der Waals surface area contributed by atoms with Crippen molar-refractivity contribution in [2.45, 2.75) is 39.3 Å². The van der Waals surface area contributed by atoms with Gasteiger partial charge in [-0.1, -0.05) is 18.2 Å². The van der Waals surface area contributed by atoms with Crippen LogP contribution in [0.4, 0.5) is 10.5 Å². The molecule has 0 aliphatic carbocycles. The minimum Gasteiger partial charge on any atom is -0.481 e. The zero-order chi connectivity index (χ0) is 17.9. The van der Waals surface area contributed by atoms with E-state index in [9.17, 15) is 14.4 Å². The van der Waals surface area contributed by atoms with E-state index in [-0.39, 0.29) is 25.4 Å². The second kappa shape index (κ2) is 6.90. The third-order valence-electron chi connectivity index (χ3n) is 3.58. The number of likely N-dealkylation sites (tertiary alicyclic amines) is 1. The molecule has 1 saturated heterocycles. The van der Waals surface area contributed by atoms with Crippen molar-refractivity contribution in [2.75, 3.05) is 11.9 Å². The van der Waals surface area contributed by atoms with Crippen LogP contribution in [0.5, 0.6) is 0 Å². The summed E-state index contributed by atoms with van der Waals surface area (Å²) in [5.41, 5.74) is 0.652. The van der Waals surface area contributed by atoms with Crippen LogP contribution in [0.3, 0.4) is 0 Å². The molecule has 1 atom stereocenters. The Kier molecular flexibility index (Phi) is 5.11. The van der Waals surface area contributed by atoms with Crippen LogP contribution in [0.15, 0.2) is 24.3 Å². The lowest BCUT2D eigenvalue weighted by atomic mass is 10.1. The van der Waals surface area contributed by atoms with Gasteiger partial charge in [-0.15, -0.1) is 0 Å². The van der Waals surface area contributed by atoms with Crippen LogP contribution < -0.4 is 5.32 Å². The number of para-hydroxylation sites is 1. The number of anilines is 1. The smallest absolute Gasteiger partial charge is 0.412 e. The number of nitrogens with one attached hydrogen (secondary N) is 1. The first kappa shape index (κ1) is 17.8. The molecule has 0 spiro atoms. The number of ether oxygens (including phenoxy) is 1. The summed E-state index contributed by atoms with van der Waals surface area (Å²) in [5.74, 6) is -1.84. The maximum absolute atomic E-state index is 12.0. The van der Waals surface area contributed by atoms with Crippen molar-refractivity contribution in [1.82, 2.24) is 4.90 Å². The molecule has 1 heterocycles. The maximum Gasteiger partial charge on any atom is 0.412 e. The molecule has 0 aromatic heterocycles. The van der Waals surface area contributed by atoms with Crippen LogP contribution in [-0.2, 0) is 20.9 Å². The molecule has 2 rings (SSSR count). The monoisotopic (exact) mass is 334 g/mol. The molecule has 130 valence electrons. The summed E-state index contributed by atoms with van der Waals surface area (Å²) >= 11 is 0. The predicted molar refractivity (Wildman–Crippen MR) is 87.5 cm³/mol. The first-order valence-corrected chi connectivity index (χ1v) is 7.74. The summed E-state index contributed by atoms with van der Waals surface area (Å²) < 4.78 is 5.23. The maximum atomic E-state index is 12.0. The minimum absolute atomic E-state index is 0.0109. The number of carboxylic acid groups (broad SMARTS) is 1. The van der Waals surface area contributed by atoms with E-state index in [1.54, 1.807) is 45.0 Å². The fourth-order valence-corrected chi connectivity index (χ4v) is 2.49. The molecule has 1 aliphatic rings. The van der Waals surface area contributed by atoms with Crippen LogP contribution in [-0.4, -0.2) is 40.1 Å². The van der Waals surface area contributed by atoms with Crippen LogP contribution in [0, 0.1) is 5.92 Å². The number of rotatable bonds is 4. The van der Waals surface area contributed by atoms with E-state index in [0.29, 0.717) is 5.69 Å². The van der Waals surface area contributed by atoms with Crippen molar-refractivity contribution < 1.29 is 24.2 Å².